The number of nitrogen functional groups attached to an aromatic ring is 1. The summed E-state index contributed by atoms with van der Waals surface area (Å²) in [5.74, 6) is -0.0470. The minimum absolute atomic E-state index is 0.136. The van der Waals surface area contributed by atoms with Crippen molar-refractivity contribution in [3.8, 4) is 0 Å². The number of aromatic nitrogens is 4. The van der Waals surface area contributed by atoms with Crippen LogP contribution in [-0.2, 0) is 18.7 Å². The van der Waals surface area contributed by atoms with Crippen molar-refractivity contribution < 1.29 is 18.7 Å². The molecule has 0 aliphatic carbocycles. The van der Waals surface area contributed by atoms with Crippen LogP contribution in [0.25, 0.3) is 11.2 Å². The Hall–Kier alpha value is -1.56. The van der Waals surface area contributed by atoms with Gasteiger partial charge in [0.1, 0.15) is 30.7 Å². The van der Waals surface area contributed by atoms with Crippen LogP contribution in [0.4, 0.5) is 5.82 Å². The van der Waals surface area contributed by atoms with E-state index in [4.69, 9.17) is 19.6 Å². The molecule has 9 nitrogen and oxygen atoms in total. The van der Waals surface area contributed by atoms with Crippen molar-refractivity contribution in [2.75, 3.05) is 12.3 Å². The van der Waals surface area contributed by atoms with Gasteiger partial charge >= 0.3 is 5.97 Å². The van der Waals surface area contributed by atoms with Crippen molar-refractivity contribution in [1.29, 1.82) is 0 Å². The summed E-state index contributed by atoms with van der Waals surface area (Å²) in [5, 5.41) is 0. The Labute approximate surface area is 160 Å². The number of hydrogen-bond acceptors (Lipinski definition) is 8. The Morgan fingerprint density at radius 3 is 2.77 bits per heavy atom. The molecule has 4 atom stereocenters. The number of nitrogens with zero attached hydrogens (tertiary/aromatic N) is 4. The highest BCUT2D eigenvalue weighted by molar-refractivity contribution is 9.09. The number of imidazole rings is 1. The first-order valence-corrected chi connectivity index (χ1v) is 12.5. The molecule has 0 saturated carbocycles. The predicted molar refractivity (Wildman–Crippen MR) is 101 cm³/mol. The molecule has 0 spiro atoms. The second-order valence-electron chi connectivity index (χ2n) is 7.09. The van der Waals surface area contributed by atoms with E-state index < -0.39 is 14.5 Å². The third kappa shape index (κ3) is 3.90. The molecule has 3 rings (SSSR count). The standard InChI is InChI=1S/C15H22BrN5O4Si/c1-8(22)23-5-9-10(16)12(25-26(2,3)4)15(24-9)21-7-20-11-13(17)18-6-19-14(11)21/h6-7,9-10,12,15H,5H2,1-4H3,(H2,17,18,19)/t9-,10+,12-,15-/m1/s1. The Bertz CT molecular complexity index is 811. The van der Waals surface area contributed by atoms with Crippen LogP contribution in [0.5, 0.6) is 0 Å². The van der Waals surface area contributed by atoms with Gasteiger partial charge in [-0.2, -0.15) is 0 Å². The summed E-state index contributed by atoms with van der Waals surface area (Å²) < 4.78 is 19.5. The lowest BCUT2D eigenvalue weighted by Gasteiger charge is -2.29. The van der Waals surface area contributed by atoms with E-state index in [0.29, 0.717) is 17.0 Å². The molecule has 26 heavy (non-hydrogen) atoms. The minimum Gasteiger partial charge on any atom is -0.463 e. The Morgan fingerprint density at radius 2 is 2.12 bits per heavy atom. The van der Waals surface area contributed by atoms with E-state index in [9.17, 15) is 4.79 Å². The molecule has 1 fully saturated rings. The Balaban J connectivity index is 1.95. The zero-order valence-electron chi connectivity index (χ0n) is 15.0. The van der Waals surface area contributed by atoms with E-state index in [2.05, 4.69) is 50.5 Å². The second kappa shape index (κ2) is 7.22. The molecule has 11 heteroatoms. The molecule has 0 unspecified atom stereocenters. The zero-order chi connectivity index (χ0) is 19.1. The van der Waals surface area contributed by atoms with Crippen LogP contribution < -0.4 is 5.73 Å². The summed E-state index contributed by atoms with van der Waals surface area (Å²) in [6, 6.07) is 0. The highest BCUT2D eigenvalue weighted by atomic mass is 79.9. The smallest absolute Gasteiger partial charge is 0.302 e. The molecule has 0 radical (unpaired) electrons. The van der Waals surface area contributed by atoms with Crippen LogP contribution in [0.2, 0.25) is 19.6 Å². The van der Waals surface area contributed by atoms with Crippen molar-refractivity contribution in [3.05, 3.63) is 12.7 Å². The monoisotopic (exact) mass is 443 g/mol. The molecule has 1 aliphatic rings. The van der Waals surface area contributed by atoms with Gasteiger partial charge in [-0.3, -0.25) is 9.36 Å². The molecule has 0 bridgehead atoms. The van der Waals surface area contributed by atoms with Gasteiger partial charge in [-0.05, 0) is 19.6 Å². The molecule has 0 aromatic carbocycles. The summed E-state index contributed by atoms with van der Waals surface area (Å²) >= 11 is 3.67. The lowest BCUT2D eigenvalue weighted by atomic mass is 10.2. The van der Waals surface area contributed by atoms with E-state index in [1.807, 2.05) is 0 Å². The largest absolute Gasteiger partial charge is 0.463 e. The lowest BCUT2D eigenvalue weighted by Crippen LogP contribution is -2.40. The first kappa shape index (κ1) is 19.2. The van der Waals surface area contributed by atoms with Crippen LogP contribution >= 0.6 is 15.9 Å². The highest BCUT2D eigenvalue weighted by Gasteiger charge is 2.47. The third-order valence-electron chi connectivity index (χ3n) is 3.87. The molecule has 2 N–H and O–H groups in total. The first-order valence-electron chi connectivity index (χ1n) is 8.21. The van der Waals surface area contributed by atoms with Gasteiger partial charge in [0.25, 0.3) is 0 Å². The number of fused-ring (bicyclic) bond motifs is 1. The fourth-order valence-electron chi connectivity index (χ4n) is 2.84. The quantitative estimate of drug-likeness (QED) is 0.422. The van der Waals surface area contributed by atoms with Crippen LogP contribution in [0, 0.1) is 0 Å². The van der Waals surface area contributed by atoms with E-state index in [0.717, 1.165) is 0 Å². The summed E-state index contributed by atoms with van der Waals surface area (Å²) in [5.41, 5.74) is 6.96. The maximum Gasteiger partial charge on any atom is 0.302 e. The maximum absolute atomic E-state index is 11.2. The SMILES string of the molecule is CC(=O)OC[C@H]1O[C@@H](n2cnc3c(N)ncnc32)[C@H](O[Si](C)(C)C)[C@H]1Br. The first-order chi connectivity index (χ1) is 12.2. The van der Waals surface area contributed by atoms with Gasteiger partial charge in [0.15, 0.2) is 26.0 Å². The summed E-state index contributed by atoms with van der Waals surface area (Å²) in [4.78, 5) is 23.6. The zero-order valence-corrected chi connectivity index (χ0v) is 17.6. The van der Waals surface area contributed by atoms with Gasteiger partial charge in [-0.25, -0.2) is 15.0 Å². The van der Waals surface area contributed by atoms with E-state index in [1.54, 1.807) is 10.9 Å². The maximum atomic E-state index is 11.2. The third-order valence-corrected chi connectivity index (χ3v) is 5.96. The number of carbonyl (C=O) groups excluding carboxylic acids is 1. The van der Waals surface area contributed by atoms with Gasteiger partial charge in [-0.15, -0.1) is 0 Å². The number of alkyl halides is 1. The molecule has 1 saturated heterocycles. The van der Waals surface area contributed by atoms with Gasteiger partial charge in [0.05, 0.1) is 11.2 Å². The van der Waals surface area contributed by atoms with Crippen molar-refractivity contribution in [1.82, 2.24) is 19.5 Å². The molecular weight excluding hydrogens is 422 g/mol. The number of hydrogen-bond donors (Lipinski definition) is 1. The van der Waals surface area contributed by atoms with Crippen LogP contribution in [0.1, 0.15) is 13.2 Å². The number of rotatable bonds is 5. The van der Waals surface area contributed by atoms with E-state index in [-0.39, 0.29) is 29.6 Å². The molecule has 142 valence electrons. The van der Waals surface area contributed by atoms with Gasteiger partial charge < -0.3 is 19.6 Å². The Kier molecular flexibility index (Phi) is 5.33. The fourth-order valence-corrected chi connectivity index (χ4v) is 4.77. The second-order valence-corrected chi connectivity index (χ2v) is 12.6. The Morgan fingerprint density at radius 1 is 1.38 bits per heavy atom. The van der Waals surface area contributed by atoms with Crippen LogP contribution in [-0.4, -0.2) is 57.4 Å². The number of nitrogens with two attached hydrogens (primary N) is 1. The number of halogens is 1. The lowest BCUT2D eigenvalue weighted by molar-refractivity contribution is -0.145. The average Bonchev–Trinajstić information content (AvgIpc) is 3.08. The molecule has 2 aromatic heterocycles. The van der Waals surface area contributed by atoms with E-state index >= 15 is 0 Å². The molecular formula is C15H22BrN5O4Si. The van der Waals surface area contributed by atoms with Gasteiger partial charge in [0, 0.05) is 6.92 Å². The fraction of sp³-hybridized carbons (Fsp3) is 0.600. The number of carbonyl (C=O) groups is 1. The summed E-state index contributed by atoms with van der Waals surface area (Å²) in [7, 11) is -1.88. The highest BCUT2D eigenvalue weighted by Crippen LogP contribution is 2.39. The molecule has 2 aromatic rings. The summed E-state index contributed by atoms with van der Waals surface area (Å²) in [6.45, 7) is 7.83. The molecule has 0 amide bonds. The number of esters is 1. The minimum atomic E-state index is -1.88. The topological polar surface area (TPSA) is 114 Å². The van der Waals surface area contributed by atoms with E-state index in [1.165, 1.54) is 13.3 Å². The van der Waals surface area contributed by atoms with Crippen molar-refractivity contribution >= 4 is 47.2 Å². The summed E-state index contributed by atoms with van der Waals surface area (Å²) in [6.07, 6.45) is 1.87. The molecule has 3 heterocycles. The van der Waals surface area contributed by atoms with Crippen molar-refractivity contribution in [3.63, 3.8) is 0 Å². The van der Waals surface area contributed by atoms with Crippen LogP contribution in [0.15, 0.2) is 12.7 Å². The van der Waals surface area contributed by atoms with Crippen LogP contribution in [0.3, 0.4) is 0 Å². The number of anilines is 1. The van der Waals surface area contributed by atoms with Gasteiger partial charge in [0.2, 0.25) is 0 Å². The average molecular weight is 444 g/mol. The predicted octanol–water partition coefficient (Wildman–Crippen LogP) is 1.85. The molecule has 1 aliphatic heterocycles. The normalized spacial score (nSPS) is 26.3. The van der Waals surface area contributed by atoms with Crippen molar-refractivity contribution in [2.45, 2.75) is 49.8 Å². The van der Waals surface area contributed by atoms with Gasteiger partial charge in [-0.1, -0.05) is 15.9 Å². The van der Waals surface area contributed by atoms with Crippen molar-refractivity contribution in [2.24, 2.45) is 0 Å². The number of ether oxygens (including phenoxy) is 2.